The summed E-state index contributed by atoms with van der Waals surface area (Å²) in [6.45, 7) is 1.30. The molecule has 2 N–H and O–H groups in total. The fraction of sp³-hybridized carbons (Fsp3) is 0.300. The van der Waals surface area contributed by atoms with Crippen LogP contribution in [0.2, 0.25) is 0 Å². The van der Waals surface area contributed by atoms with E-state index < -0.39 is 12.0 Å². The molecule has 2 aliphatic heterocycles. The highest BCUT2D eigenvalue weighted by Crippen LogP contribution is 2.34. The van der Waals surface area contributed by atoms with Crippen molar-refractivity contribution in [1.82, 2.24) is 10.9 Å². The van der Waals surface area contributed by atoms with Gasteiger partial charge < -0.3 is 18.9 Å². The third kappa shape index (κ3) is 4.86. The summed E-state index contributed by atoms with van der Waals surface area (Å²) in [6, 6.07) is 12.7. The highest BCUT2D eigenvalue weighted by molar-refractivity contribution is 8.00. The van der Waals surface area contributed by atoms with E-state index in [9.17, 15) is 9.59 Å². The fourth-order valence-corrected chi connectivity index (χ4v) is 3.50. The Labute approximate surface area is 171 Å². The standard InChI is InChI=1S/C20H20N2O6S/c23-19(12-29-13-6-7-15-17(10-13)26-9-3-8-25-15)21-22-20(24)18-11-27-14-4-1-2-5-16(14)28-18/h1-2,4-7,10,18H,3,8-9,11-12H2,(H,21,23)(H,22,24)/t18-/m0/s1. The highest BCUT2D eigenvalue weighted by atomic mass is 32.2. The average Bonchev–Trinajstić information content (AvgIpc) is 3.00. The summed E-state index contributed by atoms with van der Waals surface area (Å²) in [6.07, 6.45) is 0.000202. The molecule has 0 aromatic heterocycles. The molecule has 4 rings (SSSR count). The minimum Gasteiger partial charge on any atom is -0.490 e. The summed E-state index contributed by atoms with van der Waals surface area (Å²) >= 11 is 1.33. The van der Waals surface area contributed by atoms with Crippen molar-refractivity contribution in [3.05, 3.63) is 42.5 Å². The van der Waals surface area contributed by atoms with Gasteiger partial charge in [0, 0.05) is 11.3 Å². The smallest absolute Gasteiger partial charge is 0.283 e. The molecule has 152 valence electrons. The molecule has 0 unspecified atom stereocenters. The van der Waals surface area contributed by atoms with Crippen molar-refractivity contribution in [3.8, 4) is 23.0 Å². The van der Waals surface area contributed by atoms with E-state index in [1.807, 2.05) is 24.3 Å². The molecule has 2 aliphatic rings. The van der Waals surface area contributed by atoms with Gasteiger partial charge in [-0.2, -0.15) is 0 Å². The predicted octanol–water partition coefficient (Wildman–Crippen LogP) is 1.93. The van der Waals surface area contributed by atoms with Gasteiger partial charge in [-0.15, -0.1) is 11.8 Å². The number of ether oxygens (including phenoxy) is 4. The molecular weight excluding hydrogens is 396 g/mol. The molecule has 9 heteroatoms. The molecule has 2 amide bonds. The number of rotatable bonds is 4. The molecule has 2 aromatic carbocycles. The van der Waals surface area contributed by atoms with Crippen LogP contribution in [0.25, 0.3) is 0 Å². The molecule has 0 aliphatic carbocycles. The van der Waals surface area contributed by atoms with Crippen LogP contribution in [0.4, 0.5) is 0 Å². The van der Waals surface area contributed by atoms with Gasteiger partial charge in [0.1, 0.15) is 6.61 Å². The molecule has 2 aromatic rings. The van der Waals surface area contributed by atoms with E-state index in [-0.39, 0.29) is 18.3 Å². The normalized spacial score (nSPS) is 17.0. The average molecular weight is 416 g/mol. The molecule has 1 atom stereocenters. The van der Waals surface area contributed by atoms with Crippen molar-refractivity contribution < 1.29 is 28.5 Å². The van der Waals surface area contributed by atoms with Crippen LogP contribution in [-0.4, -0.2) is 43.5 Å². The number of para-hydroxylation sites is 2. The zero-order valence-electron chi connectivity index (χ0n) is 15.5. The molecule has 0 saturated heterocycles. The van der Waals surface area contributed by atoms with Crippen LogP contribution in [-0.2, 0) is 9.59 Å². The molecule has 0 saturated carbocycles. The number of hydrogen-bond donors (Lipinski definition) is 2. The lowest BCUT2D eigenvalue weighted by Crippen LogP contribution is -2.51. The SMILES string of the molecule is O=C(CSc1ccc2c(c1)OCCCO2)NNC(=O)[C@@H]1COc2ccccc2O1. The quantitative estimate of drug-likeness (QED) is 0.581. The van der Waals surface area contributed by atoms with Gasteiger partial charge in [-0.25, -0.2) is 0 Å². The van der Waals surface area contributed by atoms with Crippen molar-refractivity contribution >= 4 is 23.6 Å². The number of hydrogen-bond acceptors (Lipinski definition) is 7. The fourth-order valence-electron chi connectivity index (χ4n) is 2.78. The van der Waals surface area contributed by atoms with Gasteiger partial charge in [0.05, 0.1) is 19.0 Å². The summed E-state index contributed by atoms with van der Waals surface area (Å²) in [5.41, 5.74) is 4.77. The van der Waals surface area contributed by atoms with E-state index in [1.165, 1.54) is 11.8 Å². The van der Waals surface area contributed by atoms with Crippen molar-refractivity contribution in [1.29, 1.82) is 0 Å². The Morgan fingerprint density at radius 3 is 2.55 bits per heavy atom. The van der Waals surface area contributed by atoms with Crippen molar-refractivity contribution in [3.63, 3.8) is 0 Å². The summed E-state index contributed by atoms with van der Waals surface area (Å²) in [7, 11) is 0. The molecule has 0 fully saturated rings. The van der Waals surface area contributed by atoms with Crippen LogP contribution in [0, 0.1) is 0 Å². The Morgan fingerprint density at radius 2 is 1.69 bits per heavy atom. The van der Waals surface area contributed by atoms with Gasteiger partial charge in [0.25, 0.3) is 5.91 Å². The summed E-state index contributed by atoms with van der Waals surface area (Å²) in [5.74, 6) is 1.78. The van der Waals surface area contributed by atoms with Gasteiger partial charge in [0.2, 0.25) is 12.0 Å². The number of amides is 2. The van der Waals surface area contributed by atoms with E-state index in [1.54, 1.807) is 18.2 Å². The zero-order valence-corrected chi connectivity index (χ0v) is 16.3. The number of carbonyl (C=O) groups is 2. The molecule has 29 heavy (non-hydrogen) atoms. The monoisotopic (exact) mass is 416 g/mol. The van der Waals surface area contributed by atoms with Crippen molar-refractivity contribution in [2.45, 2.75) is 17.4 Å². The van der Waals surface area contributed by atoms with E-state index in [0.717, 1.165) is 11.3 Å². The van der Waals surface area contributed by atoms with Gasteiger partial charge in [-0.05, 0) is 30.3 Å². The summed E-state index contributed by atoms with van der Waals surface area (Å²) < 4.78 is 22.3. The first-order valence-corrected chi connectivity index (χ1v) is 10.2. The van der Waals surface area contributed by atoms with Crippen LogP contribution in [0.3, 0.4) is 0 Å². The number of carbonyl (C=O) groups excluding carboxylic acids is 2. The van der Waals surface area contributed by atoms with Gasteiger partial charge in [-0.3, -0.25) is 20.4 Å². The zero-order chi connectivity index (χ0) is 20.1. The molecule has 0 bridgehead atoms. The first-order valence-electron chi connectivity index (χ1n) is 9.19. The Bertz CT molecular complexity index is 906. The molecule has 0 radical (unpaired) electrons. The Balaban J connectivity index is 1.23. The van der Waals surface area contributed by atoms with Crippen LogP contribution in [0.15, 0.2) is 47.4 Å². The van der Waals surface area contributed by atoms with E-state index in [4.69, 9.17) is 18.9 Å². The second kappa shape index (κ2) is 8.95. The molecule has 2 heterocycles. The Morgan fingerprint density at radius 1 is 0.931 bits per heavy atom. The third-order valence-corrected chi connectivity index (χ3v) is 5.21. The lowest BCUT2D eigenvalue weighted by Gasteiger charge is -2.25. The number of nitrogens with one attached hydrogen (secondary N) is 2. The van der Waals surface area contributed by atoms with Gasteiger partial charge >= 0.3 is 0 Å². The maximum absolute atomic E-state index is 12.2. The minimum absolute atomic E-state index is 0.0741. The van der Waals surface area contributed by atoms with Gasteiger partial charge in [0.15, 0.2) is 23.0 Å². The topological polar surface area (TPSA) is 95.1 Å². The second-order valence-electron chi connectivity index (χ2n) is 6.35. The van der Waals surface area contributed by atoms with E-state index in [0.29, 0.717) is 36.2 Å². The van der Waals surface area contributed by atoms with Crippen LogP contribution >= 0.6 is 11.8 Å². The Kier molecular flexibility index (Phi) is 5.95. The summed E-state index contributed by atoms with van der Waals surface area (Å²) in [4.78, 5) is 25.2. The number of thioether (sulfide) groups is 1. The number of fused-ring (bicyclic) bond motifs is 2. The lowest BCUT2D eigenvalue weighted by molar-refractivity contribution is -0.134. The van der Waals surface area contributed by atoms with Crippen LogP contribution in [0.5, 0.6) is 23.0 Å². The van der Waals surface area contributed by atoms with Crippen molar-refractivity contribution in [2.75, 3.05) is 25.6 Å². The van der Waals surface area contributed by atoms with E-state index in [2.05, 4.69) is 10.9 Å². The largest absolute Gasteiger partial charge is 0.490 e. The Hall–Kier alpha value is -3.07. The molecule has 8 nitrogen and oxygen atoms in total. The predicted molar refractivity (Wildman–Crippen MR) is 105 cm³/mol. The maximum atomic E-state index is 12.2. The van der Waals surface area contributed by atoms with Crippen LogP contribution in [0.1, 0.15) is 6.42 Å². The van der Waals surface area contributed by atoms with Crippen molar-refractivity contribution in [2.24, 2.45) is 0 Å². The minimum atomic E-state index is -0.834. The molecule has 0 spiro atoms. The number of benzene rings is 2. The number of hydrazine groups is 1. The third-order valence-electron chi connectivity index (χ3n) is 4.22. The molecular formula is C20H20N2O6S. The first kappa shape index (κ1) is 19.3. The van der Waals surface area contributed by atoms with E-state index >= 15 is 0 Å². The second-order valence-corrected chi connectivity index (χ2v) is 7.40. The highest BCUT2D eigenvalue weighted by Gasteiger charge is 2.27. The first-order chi connectivity index (χ1) is 14.2. The van der Waals surface area contributed by atoms with Crippen LogP contribution < -0.4 is 29.8 Å². The lowest BCUT2D eigenvalue weighted by atomic mass is 10.2. The van der Waals surface area contributed by atoms with Gasteiger partial charge in [-0.1, -0.05) is 12.1 Å². The maximum Gasteiger partial charge on any atom is 0.283 e. The summed E-state index contributed by atoms with van der Waals surface area (Å²) in [5, 5.41) is 0.